The van der Waals surface area contributed by atoms with Crippen LogP contribution in [-0.4, -0.2) is 29.6 Å². The van der Waals surface area contributed by atoms with Crippen molar-refractivity contribution < 1.29 is 9.59 Å². The van der Waals surface area contributed by atoms with E-state index in [1.54, 1.807) is 24.4 Å². The van der Waals surface area contributed by atoms with Gasteiger partial charge in [0.05, 0.1) is 18.5 Å². The Bertz CT molecular complexity index is 653. The van der Waals surface area contributed by atoms with E-state index in [0.717, 1.165) is 10.2 Å². The third-order valence-corrected chi connectivity index (χ3v) is 3.00. The highest BCUT2D eigenvalue weighted by Crippen LogP contribution is 2.11. The Kier molecular flexibility index (Phi) is 5.28. The molecule has 2 rings (SSSR count). The van der Waals surface area contributed by atoms with Crippen LogP contribution in [0.3, 0.4) is 0 Å². The van der Waals surface area contributed by atoms with Crippen LogP contribution in [0.1, 0.15) is 16.1 Å². The molecule has 1 aromatic carbocycles. The lowest BCUT2D eigenvalue weighted by atomic mass is 10.2. The van der Waals surface area contributed by atoms with E-state index in [0.29, 0.717) is 5.56 Å². The highest BCUT2D eigenvalue weighted by Gasteiger charge is 2.07. The number of hydrogen-bond donors (Lipinski definition) is 3. The third-order valence-electron chi connectivity index (χ3n) is 2.51. The number of benzene rings is 1. The number of carbonyl (C=O) groups is 2. The topological polar surface area (TPSA) is 86.3 Å². The van der Waals surface area contributed by atoms with Crippen LogP contribution in [0.25, 0.3) is 0 Å². The molecule has 2 aromatic rings. The van der Waals surface area contributed by atoms with E-state index in [-0.39, 0.29) is 12.5 Å². The van der Waals surface area contributed by atoms with Gasteiger partial charge in [-0.05, 0) is 30.3 Å². The van der Waals surface area contributed by atoms with Crippen molar-refractivity contribution in [2.24, 2.45) is 5.10 Å². The Balaban J connectivity index is 1.77. The first kappa shape index (κ1) is 15.0. The molecule has 0 bridgehead atoms. The fraction of sp³-hybridized carbons (Fsp3) is 0.0714. The molecule has 0 aliphatic heterocycles. The molecule has 0 saturated carbocycles. The first-order valence-corrected chi connectivity index (χ1v) is 6.93. The second-order valence-corrected chi connectivity index (χ2v) is 5.03. The van der Waals surface area contributed by atoms with Crippen LogP contribution in [0.2, 0.25) is 0 Å². The molecule has 0 aliphatic rings. The fourth-order valence-corrected chi connectivity index (χ4v) is 1.93. The molecule has 7 heteroatoms. The van der Waals surface area contributed by atoms with Gasteiger partial charge in [0.2, 0.25) is 0 Å². The standard InChI is InChI=1S/C14H13BrN4O2/c15-11-4-1-3-10(7-11)14(21)17-9-13(20)19-18-8-12-5-2-6-16-12/h1-8,16H,9H2,(H,17,21)(H,19,20). The molecule has 0 aliphatic carbocycles. The number of nitrogens with zero attached hydrogens (tertiary/aromatic N) is 1. The van der Waals surface area contributed by atoms with Gasteiger partial charge in [0.25, 0.3) is 11.8 Å². The largest absolute Gasteiger partial charge is 0.360 e. The van der Waals surface area contributed by atoms with Crippen molar-refractivity contribution in [3.63, 3.8) is 0 Å². The number of amides is 2. The van der Waals surface area contributed by atoms with Gasteiger partial charge < -0.3 is 10.3 Å². The quantitative estimate of drug-likeness (QED) is 0.566. The molecule has 1 aromatic heterocycles. The Morgan fingerprint density at radius 2 is 2.14 bits per heavy atom. The van der Waals surface area contributed by atoms with Crippen molar-refractivity contribution in [2.75, 3.05) is 6.54 Å². The van der Waals surface area contributed by atoms with E-state index in [9.17, 15) is 9.59 Å². The van der Waals surface area contributed by atoms with Crippen LogP contribution in [0.4, 0.5) is 0 Å². The number of hydrazone groups is 1. The van der Waals surface area contributed by atoms with Crippen molar-refractivity contribution in [3.05, 3.63) is 58.3 Å². The molecule has 2 amide bonds. The second kappa shape index (κ2) is 7.39. The number of rotatable bonds is 5. The molecular formula is C14H13BrN4O2. The van der Waals surface area contributed by atoms with Gasteiger partial charge >= 0.3 is 0 Å². The summed E-state index contributed by atoms with van der Waals surface area (Å²) in [6.45, 7) is -0.145. The zero-order chi connectivity index (χ0) is 15.1. The summed E-state index contributed by atoms with van der Waals surface area (Å²) in [5.41, 5.74) is 3.58. The zero-order valence-electron chi connectivity index (χ0n) is 11.0. The summed E-state index contributed by atoms with van der Waals surface area (Å²) in [7, 11) is 0. The molecule has 108 valence electrons. The summed E-state index contributed by atoms with van der Waals surface area (Å²) in [5, 5.41) is 6.28. The predicted molar refractivity (Wildman–Crippen MR) is 83.0 cm³/mol. The second-order valence-electron chi connectivity index (χ2n) is 4.11. The van der Waals surface area contributed by atoms with Crippen LogP contribution in [0.15, 0.2) is 52.2 Å². The Hall–Kier alpha value is -2.41. The maximum Gasteiger partial charge on any atom is 0.259 e. The first-order valence-electron chi connectivity index (χ1n) is 6.14. The summed E-state index contributed by atoms with van der Waals surface area (Å²) in [6, 6.07) is 10.5. The first-order chi connectivity index (χ1) is 10.1. The Morgan fingerprint density at radius 3 is 2.86 bits per heavy atom. The maximum atomic E-state index is 11.8. The zero-order valence-corrected chi connectivity index (χ0v) is 12.6. The van der Waals surface area contributed by atoms with E-state index in [1.807, 2.05) is 18.2 Å². The summed E-state index contributed by atoms with van der Waals surface area (Å²) in [6.07, 6.45) is 3.23. The smallest absolute Gasteiger partial charge is 0.259 e. The molecule has 6 nitrogen and oxygen atoms in total. The molecule has 0 atom stereocenters. The Morgan fingerprint density at radius 1 is 1.29 bits per heavy atom. The van der Waals surface area contributed by atoms with Crippen LogP contribution in [0, 0.1) is 0 Å². The average molecular weight is 349 g/mol. The van der Waals surface area contributed by atoms with Crippen molar-refractivity contribution in [2.45, 2.75) is 0 Å². The molecule has 0 radical (unpaired) electrons. The minimum atomic E-state index is -0.402. The molecule has 3 N–H and O–H groups in total. The lowest BCUT2D eigenvalue weighted by molar-refractivity contribution is -0.120. The lowest BCUT2D eigenvalue weighted by Crippen LogP contribution is -2.34. The molecular weight excluding hydrogens is 336 g/mol. The highest BCUT2D eigenvalue weighted by molar-refractivity contribution is 9.10. The van der Waals surface area contributed by atoms with E-state index >= 15 is 0 Å². The van der Waals surface area contributed by atoms with Crippen LogP contribution in [-0.2, 0) is 4.79 Å². The summed E-state index contributed by atoms with van der Waals surface area (Å²) in [4.78, 5) is 26.2. The minimum absolute atomic E-state index is 0.145. The average Bonchev–Trinajstić information content (AvgIpc) is 2.98. The van der Waals surface area contributed by atoms with Gasteiger partial charge in [0.1, 0.15) is 0 Å². The number of H-pyrrole nitrogens is 1. The van der Waals surface area contributed by atoms with Crippen molar-refractivity contribution in [3.8, 4) is 0 Å². The Labute approximate surface area is 129 Å². The number of carbonyl (C=O) groups excluding carboxylic acids is 2. The van der Waals surface area contributed by atoms with Gasteiger partial charge in [-0.2, -0.15) is 5.10 Å². The number of aromatic amines is 1. The van der Waals surface area contributed by atoms with Gasteiger partial charge in [0.15, 0.2) is 0 Å². The van der Waals surface area contributed by atoms with Crippen molar-refractivity contribution in [1.82, 2.24) is 15.7 Å². The monoisotopic (exact) mass is 348 g/mol. The van der Waals surface area contributed by atoms with Gasteiger partial charge in [0, 0.05) is 16.2 Å². The van der Waals surface area contributed by atoms with E-state index in [4.69, 9.17) is 0 Å². The lowest BCUT2D eigenvalue weighted by Gasteiger charge is -2.04. The van der Waals surface area contributed by atoms with E-state index in [2.05, 4.69) is 36.8 Å². The van der Waals surface area contributed by atoms with Crippen LogP contribution in [0.5, 0.6) is 0 Å². The number of aromatic nitrogens is 1. The van der Waals surface area contributed by atoms with Crippen LogP contribution >= 0.6 is 15.9 Å². The molecule has 0 unspecified atom stereocenters. The molecule has 21 heavy (non-hydrogen) atoms. The van der Waals surface area contributed by atoms with Gasteiger partial charge in [-0.1, -0.05) is 22.0 Å². The van der Waals surface area contributed by atoms with Gasteiger partial charge in [-0.15, -0.1) is 0 Å². The SMILES string of the molecule is O=C(CNC(=O)c1cccc(Br)c1)NN=Cc1ccc[nH]1. The van der Waals surface area contributed by atoms with Gasteiger partial charge in [-0.3, -0.25) is 9.59 Å². The van der Waals surface area contributed by atoms with Gasteiger partial charge in [-0.25, -0.2) is 5.43 Å². The molecule has 0 spiro atoms. The number of halogens is 1. The number of hydrogen-bond acceptors (Lipinski definition) is 3. The van der Waals surface area contributed by atoms with Crippen molar-refractivity contribution in [1.29, 1.82) is 0 Å². The fourth-order valence-electron chi connectivity index (χ4n) is 1.53. The predicted octanol–water partition coefficient (Wildman–Crippen LogP) is 1.66. The molecule has 0 fully saturated rings. The minimum Gasteiger partial charge on any atom is -0.360 e. The molecule has 0 saturated heterocycles. The normalized spacial score (nSPS) is 10.5. The van der Waals surface area contributed by atoms with Crippen molar-refractivity contribution >= 4 is 34.0 Å². The van der Waals surface area contributed by atoms with Crippen LogP contribution < -0.4 is 10.7 Å². The maximum absolute atomic E-state index is 11.8. The summed E-state index contributed by atoms with van der Waals surface area (Å²) < 4.78 is 0.801. The number of nitrogens with one attached hydrogen (secondary N) is 3. The highest BCUT2D eigenvalue weighted by atomic mass is 79.9. The summed E-state index contributed by atoms with van der Waals surface area (Å²) >= 11 is 3.28. The molecule has 1 heterocycles. The van der Waals surface area contributed by atoms with E-state index < -0.39 is 5.91 Å². The summed E-state index contributed by atoms with van der Waals surface area (Å²) in [5.74, 6) is -0.721. The third kappa shape index (κ3) is 4.88. The van der Waals surface area contributed by atoms with E-state index in [1.165, 1.54) is 6.21 Å².